The molecule has 0 aliphatic carbocycles. The number of benzene rings is 2. The summed E-state index contributed by atoms with van der Waals surface area (Å²) in [6, 6.07) is 21.7. The molecule has 0 aliphatic heterocycles. The van der Waals surface area contributed by atoms with Crippen LogP contribution in [0.4, 0.5) is 0 Å². The Kier molecular flexibility index (Phi) is 5.49. The molecule has 1 nitrogen and oxygen atoms in total. The Labute approximate surface area is 120 Å². The zero-order chi connectivity index (χ0) is 13.5. The molecule has 2 atom stereocenters. The van der Waals surface area contributed by atoms with Gasteiger partial charge in [-0.2, -0.15) is 0 Å². The van der Waals surface area contributed by atoms with Gasteiger partial charge in [0.15, 0.2) is 0 Å². The fraction of sp³-hybridized carbons (Fsp3) is 0.294. The molecule has 0 heterocycles. The van der Waals surface area contributed by atoms with E-state index in [2.05, 4.69) is 79.8 Å². The van der Waals surface area contributed by atoms with Gasteiger partial charge in [-0.25, -0.2) is 0 Å². The standard InChI is InChI=1S/C17H21NS/c1-3-18-17(15-10-6-4-7-11-15)14(2)19-16-12-8-5-9-13-16/h4-14,17-18H,3H2,1-2H3. The average Bonchev–Trinajstić information content (AvgIpc) is 2.46. The second-order valence-electron chi connectivity index (χ2n) is 4.58. The molecule has 0 saturated heterocycles. The van der Waals surface area contributed by atoms with E-state index in [1.807, 2.05) is 11.8 Å². The van der Waals surface area contributed by atoms with Crippen LogP contribution in [0, 0.1) is 0 Å². The Morgan fingerprint density at radius 1 is 0.947 bits per heavy atom. The summed E-state index contributed by atoms with van der Waals surface area (Å²) in [6.45, 7) is 5.44. The number of hydrogen-bond acceptors (Lipinski definition) is 2. The summed E-state index contributed by atoms with van der Waals surface area (Å²) in [6.07, 6.45) is 0. The molecule has 0 radical (unpaired) electrons. The van der Waals surface area contributed by atoms with Crippen LogP contribution in [0.1, 0.15) is 25.5 Å². The molecule has 2 heteroatoms. The second-order valence-corrected chi connectivity index (χ2v) is 6.03. The molecular weight excluding hydrogens is 250 g/mol. The predicted molar refractivity (Wildman–Crippen MR) is 84.6 cm³/mol. The Bertz CT molecular complexity index is 469. The summed E-state index contributed by atoms with van der Waals surface area (Å²) >= 11 is 1.92. The van der Waals surface area contributed by atoms with Gasteiger partial charge in [0.1, 0.15) is 0 Å². The minimum Gasteiger partial charge on any atom is -0.309 e. The lowest BCUT2D eigenvalue weighted by Gasteiger charge is -2.25. The number of rotatable bonds is 6. The lowest BCUT2D eigenvalue weighted by atomic mass is 10.0. The van der Waals surface area contributed by atoms with Gasteiger partial charge < -0.3 is 5.32 Å². The van der Waals surface area contributed by atoms with Gasteiger partial charge in [0, 0.05) is 16.2 Å². The van der Waals surface area contributed by atoms with Gasteiger partial charge in [-0.3, -0.25) is 0 Å². The van der Waals surface area contributed by atoms with E-state index in [1.54, 1.807) is 0 Å². The quantitative estimate of drug-likeness (QED) is 0.775. The summed E-state index contributed by atoms with van der Waals surface area (Å²) in [5.74, 6) is 0. The molecule has 2 unspecified atom stereocenters. The first-order valence-electron chi connectivity index (χ1n) is 6.81. The molecule has 19 heavy (non-hydrogen) atoms. The highest BCUT2D eigenvalue weighted by molar-refractivity contribution is 8.00. The van der Waals surface area contributed by atoms with Gasteiger partial charge >= 0.3 is 0 Å². The van der Waals surface area contributed by atoms with Crippen molar-refractivity contribution in [3.8, 4) is 0 Å². The Morgan fingerprint density at radius 3 is 2.11 bits per heavy atom. The van der Waals surface area contributed by atoms with Crippen molar-refractivity contribution in [3.05, 3.63) is 66.2 Å². The molecule has 0 aromatic heterocycles. The third-order valence-electron chi connectivity index (χ3n) is 3.12. The Balaban J connectivity index is 2.11. The zero-order valence-corrected chi connectivity index (χ0v) is 12.4. The summed E-state index contributed by atoms with van der Waals surface area (Å²) < 4.78 is 0. The van der Waals surface area contributed by atoms with E-state index < -0.39 is 0 Å². The van der Waals surface area contributed by atoms with Gasteiger partial charge in [0.05, 0.1) is 0 Å². The number of thioether (sulfide) groups is 1. The van der Waals surface area contributed by atoms with Crippen LogP contribution in [0.5, 0.6) is 0 Å². The average molecular weight is 271 g/mol. The first kappa shape index (κ1) is 14.2. The monoisotopic (exact) mass is 271 g/mol. The van der Waals surface area contributed by atoms with Crippen molar-refractivity contribution in [3.63, 3.8) is 0 Å². The predicted octanol–water partition coefficient (Wildman–Crippen LogP) is 4.52. The molecule has 0 aliphatic rings. The molecule has 2 rings (SSSR count). The van der Waals surface area contributed by atoms with E-state index in [0.717, 1.165) is 6.54 Å². The van der Waals surface area contributed by atoms with Gasteiger partial charge in [-0.05, 0) is 24.2 Å². The summed E-state index contributed by atoms with van der Waals surface area (Å²) in [4.78, 5) is 1.33. The molecule has 0 amide bonds. The van der Waals surface area contributed by atoms with Crippen LogP contribution in [0.15, 0.2) is 65.6 Å². The number of nitrogens with one attached hydrogen (secondary N) is 1. The molecule has 0 fully saturated rings. The molecule has 0 spiro atoms. The second kappa shape index (κ2) is 7.37. The first-order chi connectivity index (χ1) is 9.31. The smallest absolute Gasteiger partial charge is 0.0441 e. The van der Waals surface area contributed by atoms with E-state index in [0.29, 0.717) is 11.3 Å². The SMILES string of the molecule is CCNC(c1ccccc1)C(C)Sc1ccccc1. The molecule has 0 bridgehead atoms. The third kappa shape index (κ3) is 4.12. The van der Waals surface area contributed by atoms with E-state index in [9.17, 15) is 0 Å². The highest BCUT2D eigenvalue weighted by Crippen LogP contribution is 2.31. The molecule has 2 aromatic rings. The minimum atomic E-state index is 0.386. The highest BCUT2D eigenvalue weighted by atomic mass is 32.2. The van der Waals surface area contributed by atoms with Crippen LogP contribution < -0.4 is 5.32 Å². The number of hydrogen-bond donors (Lipinski definition) is 1. The maximum absolute atomic E-state index is 3.60. The van der Waals surface area contributed by atoms with Crippen molar-refractivity contribution in [2.45, 2.75) is 30.0 Å². The minimum absolute atomic E-state index is 0.386. The van der Waals surface area contributed by atoms with Crippen molar-refractivity contribution in [1.82, 2.24) is 5.32 Å². The molecule has 2 aromatic carbocycles. The van der Waals surface area contributed by atoms with Crippen molar-refractivity contribution < 1.29 is 0 Å². The van der Waals surface area contributed by atoms with E-state index in [4.69, 9.17) is 0 Å². The van der Waals surface area contributed by atoms with Crippen LogP contribution in [-0.4, -0.2) is 11.8 Å². The van der Waals surface area contributed by atoms with Crippen LogP contribution >= 0.6 is 11.8 Å². The largest absolute Gasteiger partial charge is 0.309 e. The summed E-state index contributed by atoms with van der Waals surface area (Å²) in [5, 5.41) is 4.09. The van der Waals surface area contributed by atoms with Crippen LogP contribution in [0.2, 0.25) is 0 Å². The van der Waals surface area contributed by atoms with Gasteiger partial charge in [0.25, 0.3) is 0 Å². The summed E-state index contributed by atoms with van der Waals surface area (Å²) in [5.41, 5.74) is 1.36. The zero-order valence-electron chi connectivity index (χ0n) is 11.5. The maximum atomic E-state index is 3.60. The maximum Gasteiger partial charge on any atom is 0.0441 e. The van der Waals surface area contributed by atoms with E-state index in [1.165, 1.54) is 10.5 Å². The third-order valence-corrected chi connectivity index (χ3v) is 4.31. The molecule has 100 valence electrons. The van der Waals surface area contributed by atoms with Gasteiger partial charge in [-0.1, -0.05) is 62.4 Å². The van der Waals surface area contributed by atoms with Crippen LogP contribution in [-0.2, 0) is 0 Å². The van der Waals surface area contributed by atoms with Crippen molar-refractivity contribution in [2.24, 2.45) is 0 Å². The summed E-state index contributed by atoms with van der Waals surface area (Å²) in [7, 11) is 0. The van der Waals surface area contributed by atoms with E-state index >= 15 is 0 Å². The Morgan fingerprint density at radius 2 is 1.53 bits per heavy atom. The lowest BCUT2D eigenvalue weighted by Crippen LogP contribution is -2.28. The van der Waals surface area contributed by atoms with Crippen LogP contribution in [0.3, 0.4) is 0 Å². The molecular formula is C17H21NS. The lowest BCUT2D eigenvalue weighted by molar-refractivity contribution is 0.548. The van der Waals surface area contributed by atoms with Gasteiger partial charge in [-0.15, -0.1) is 11.8 Å². The van der Waals surface area contributed by atoms with Crippen molar-refractivity contribution in [1.29, 1.82) is 0 Å². The van der Waals surface area contributed by atoms with Crippen molar-refractivity contribution >= 4 is 11.8 Å². The fourth-order valence-corrected chi connectivity index (χ4v) is 3.35. The topological polar surface area (TPSA) is 12.0 Å². The molecule has 1 N–H and O–H groups in total. The van der Waals surface area contributed by atoms with Gasteiger partial charge in [0.2, 0.25) is 0 Å². The van der Waals surface area contributed by atoms with Crippen molar-refractivity contribution in [2.75, 3.05) is 6.54 Å². The van der Waals surface area contributed by atoms with Crippen LogP contribution in [0.25, 0.3) is 0 Å². The Hall–Kier alpha value is -1.25. The highest BCUT2D eigenvalue weighted by Gasteiger charge is 2.18. The van der Waals surface area contributed by atoms with E-state index in [-0.39, 0.29) is 0 Å². The normalized spacial score (nSPS) is 14.0. The fourth-order valence-electron chi connectivity index (χ4n) is 2.22. The molecule has 0 saturated carbocycles. The first-order valence-corrected chi connectivity index (χ1v) is 7.69.